The smallest absolute Gasteiger partial charge is 0.266 e. The van der Waals surface area contributed by atoms with Crippen molar-refractivity contribution in [2.75, 3.05) is 40.0 Å². The molecule has 2 aromatic rings. The molecule has 8 heteroatoms. The largest absolute Gasteiger partial charge is 0.483 e. The quantitative estimate of drug-likeness (QED) is 0.608. The molecule has 2 aliphatic rings. The molecule has 0 bridgehead atoms. The van der Waals surface area contributed by atoms with Gasteiger partial charge < -0.3 is 14.4 Å². The average Bonchev–Trinajstić information content (AvgIpc) is 3.12. The maximum atomic E-state index is 12.8. The Morgan fingerprint density at radius 1 is 1.15 bits per heavy atom. The van der Waals surface area contributed by atoms with Crippen molar-refractivity contribution in [1.82, 2.24) is 9.80 Å². The summed E-state index contributed by atoms with van der Waals surface area (Å²) >= 11 is 1.33. The fraction of sp³-hybridized carbons (Fsp3) is 0.320. The molecule has 172 valence electrons. The summed E-state index contributed by atoms with van der Waals surface area (Å²) in [5.74, 6) is 0.363. The van der Waals surface area contributed by atoms with Crippen LogP contribution in [0, 0.1) is 0 Å². The first-order chi connectivity index (χ1) is 16.0. The van der Waals surface area contributed by atoms with Crippen LogP contribution < -0.4 is 4.74 Å². The summed E-state index contributed by atoms with van der Waals surface area (Å²) in [5, 5.41) is 0.622. The van der Waals surface area contributed by atoms with E-state index in [9.17, 15) is 9.59 Å². The zero-order chi connectivity index (χ0) is 23.2. The Morgan fingerprint density at radius 2 is 1.88 bits per heavy atom. The molecular weight excluding hydrogens is 438 g/mol. The van der Waals surface area contributed by atoms with E-state index in [4.69, 9.17) is 9.47 Å². The molecule has 2 amide bonds. The standard InChI is InChI=1S/C25H27N3O4S/c1-3-18-8-10-20(11-9-18)26-25-27(2)24(30)22(33-25)16-19-6-4-5-7-21(19)32-17-23(29)28-12-14-31-15-13-28/h4-11,16H,3,12-15,17H2,1-2H3/b22-16-,26-25?. The van der Waals surface area contributed by atoms with Gasteiger partial charge in [0.2, 0.25) is 0 Å². The van der Waals surface area contributed by atoms with Crippen LogP contribution in [-0.4, -0.2) is 66.7 Å². The summed E-state index contributed by atoms with van der Waals surface area (Å²) in [5.41, 5.74) is 2.79. The van der Waals surface area contributed by atoms with Crippen LogP contribution in [0.25, 0.3) is 6.08 Å². The molecule has 0 saturated carbocycles. The number of benzene rings is 2. The van der Waals surface area contributed by atoms with E-state index in [0.717, 1.165) is 17.7 Å². The monoisotopic (exact) mass is 465 g/mol. The number of carbonyl (C=O) groups excluding carboxylic acids is 2. The Bertz CT molecular complexity index is 1080. The van der Waals surface area contributed by atoms with Crippen LogP contribution in [0.4, 0.5) is 5.69 Å². The highest BCUT2D eigenvalue weighted by Crippen LogP contribution is 2.34. The van der Waals surface area contributed by atoms with Gasteiger partial charge in [0, 0.05) is 25.7 Å². The minimum atomic E-state index is -0.122. The normalized spacial score (nSPS) is 18.9. The Morgan fingerprint density at radius 3 is 2.61 bits per heavy atom. The fourth-order valence-corrected chi connectivity index (χ4v) is 4.46. The molecule has 0 spiro atoms. The molecule has 4 rings (SSSR count). The number of ether oxygens (including phenoxy) is 2. The minimum absolute atomic E-state index is 0.0539. The molecule has 2 heterocycles. The molecule has 0 N–H and O–H groups in total. The summed E-state index contributed by atoms with van der Waals surface area (Å²) in [6.45, 7) is 4.31. The van der Waals surface area contributed by atoms with Crippen LogP contribution in [0.5, 0.6) is 5.75 Å². The van der Waals surface area contributed by atoms with E-state index >= 15 is 0 Å². The maximum absolute atomic E-state index is 12.8. The molecule has 0 unspecified atom stereocenters. The second kappa shape index (κ2) is 10.7. The summed E-state index contributed by atoms with van der Waals surface area (Å²) in [4.78, 5) is 33.8. The lowest BCUT2D eigenvalue weighted by Gasteiger charge is -2.26. The summed E-state index contributed by atoms with van der Waals surface area (Å²) in [6.07, 6.45) is 2.76. The van der Waals surface area contributed by atoms with E-state index in [1.807, 2.05) is 42.5 Å². The van der Waals surface area contributed by atoms with Gasteiger partial charge >= 0.3 is 0 Å². The van der Waals surface area contributed by atoms with Crippen molar-refractivity contribution in [2.45, 2.75) is 13.3 Å². The number of hydrogen-bond donors (Lipinski definition) is 0. The number of aliphatic imine (C=N–C) groups is 1. The number of amides is 2. The lowest BCUT2D eigenvalue weighted by atomic mass is 10.2. The van der Waals surface area contributed by atoms with Gasteiger partial charge in [0.05, 0.1) is 23.8 Å². The lowest BCUT2D eigenvalue weighted by molar-refractivity contribution is -0.137. The summed E-state index contributed by atoms with van der Waals surface area (Å²) in [6, 6.07) is 15.4. The summed E-state index contributed by atoms with van der Waals surface area (Å²) < 4.78 is 11.1. The lowest BCUT2D eigenvalue weighted by Crippen LogP contribution is -2.43. The number of rotatable bonds is 6. The first-order valence-corrected chi connectivity index (χ1v) is 11.8. The Labute approximate surface area is 198 Å². The van der Waals surface area contributed by atoms with Gasteiger partial charge in [0.1, 0.15) is 5.75 Å². The number of aryl methyl sites for hydroxylation is 1. The molecule has 2 saturated heterocycles. The van der Waals surface area contributed by atoms with E-state index in [1.54, 1.807) is 29.0 Å². The van der Waals surface area contributed by atoms with Gasteiger partial charge in [0.15, 0.2) is 11.8 Å². The van der Waals surface area contributed by atoms with E-state index < -0.39 is 0 Å². The third-order valence-electron chi connectivity index (χ3n) is 5.49. The minimum Gasteiger partial charge on any atom is -0.483 e. The molecule has 7 nitrogen and oxygen atoms in total. The van der Waals surface area contributed by atoms with Crippen LogP contribution >= 0.6 is 11.8 Å². The predicted octanol–water partition coefficient (Wildman–Crippen LogP) is 3.72. The molecule has 0 aromatic heterocycles. The Kier molecular flexibility index (Phi) is 7.47. The van der Waals surface area contributed by atoms with Crippen LogP contribution in [0.2, 0.25) is 0 Å². The molecule has 2 aliphatic heterocycles. The maximum Gasteiger partial charge on any atom is 0.266 e. The highest BCUT2D eigenvalue weighted by Gasteiger charge is 2.30. The Balaban J connectivity index is 1.48. The van der Waals surface area contributed by atoms with Gasteiger partial charge in [-0.15, -0.1) is 0 Å². The second-order valence-electron chi connectivity index (χ2n) is 7.71. The number of morpholine rings is 1. The van der Waals surface area contributed by atoms with Gasteiger partial charge in [-0.05, 0) is 48.0 Å². The first-order valence-electron chi connectivity index (χ1n) is 11.0. The van der Waals surface area contributed by atoms with Crippen LogP contribution in [0.1, 0.15) is 18.1 Å². The first kappa shape index (κ1) is 23.1. The van der Waals surface area contributed by atoms with Gasteiger partial charge in [-0.2, -0.15) is 0 Å². The number of amidine groups is 1. The van der Waals surface area contributed by atoms with E-state index in [1.165, 1.54) is 17.3 Å². The number of para-hydroxylation sites is 1. The summed E-state index contributed by atoms with van der Waals surface area (Å²) in [7, 11) is 1.72. The number of thioether (sulfide) groups is 1. The number of hydrogen-bond acceptors (Lipinski definition) is 6. The topological polar surface area (TPSA) is 71.4 Å². The van der Waals surface area contributed by atoms with Crippen molar-refractivity contribution in [2.24, 2.45) is 4.99 Å². The molecule has 2 aromatic carbocycles. The molecule has 0 radical (unpaired) electrons. The fourth-order valence-electron chi connectivity index (χ4n) is 3.48. The van der Waals surface area contributed by atoms with Crippen molar-refractivity contribution in [3.05, 3.63) is 64.6 Å². The zero-order valence-electron chi connectivity index (χ0n) is 18.8. The van der Waals surface area contributed by atoms with Crippen molar-refractivity contribution in [1.29, 1.82) is 0 Å². The Hall–Kier alpha value is -3.10. The third-order valence-corrected chi connectivity index (χ3v) is 6.55. The molecule has 33 heavy (non-hydrogen) atoms. The molecular formula is C25H27N3O4S. The van der Waals surface area contributed by atoms with Gasteiger partial charge in [-0.3, -0.25) is 14.5 Å². The average molecular weight is 466 g/mol. The molecule has 2 fully saturated rings. The third kappa shape index (κ3) is 5.64. The second-order valence-corrected chi connectivity index (χ2v) is 8.72. The van der Waals surface area contributed by atoms with Crippen LogP contribution in [0.15, 0.2) is 58.4 Å². The van der Waals surface area contributed by atoms with Crippen molar-refractivity contribution in [3.8, 4) is 5.75 Å². The zero-order valence-corrected chi connectivity index (χ0v) is 19.6. The molecule has 0 aliphatic carbocycles. The SMILES string of the molecule is CCc1ccc(N=C2S/C(=C\c3ccccc3OCC(=O)N3CCOCC3)C(=O)N2C)cc1. The molecule has 0 atom stereocenters. The number of nitrogens with zero attached hydrogens (tertiary/aromatic N) is 3. The van der Waals surface area contributed by atoms with Crippen molar-refractivity contribution < 1.29 is 19.1 Å². The van der Waals surface area contributed by atoms with E-state index in [2.05, 4.69) is 11.9 Å². The van der Waals surface area contributed by atoms with Gasteiger partial charge in [-0.25, -0.2) is 4.99 Å². The highest BCUT2D eigenvalue weighted by molar-refractivity contribution is 8.18. The highest BCUT2D eigenvalue weighted by atomic mass is 32.2. The van der Waals surface area contributed by atoms with E-state index in [0.29, 0.717) is 42.1 Å². The van der Waals surface area contributed by atoms with Crippen molar-refractivity contribution in [3.63, 3.8) is 0 Å². The van der Waals surface area contributed by atoms with Gasteiger partial charge in [0.25, 0.3) is 11.8 Å². The van der Waals surface area contributed by atoms with Gasteiger partial charge in [-0.1, -0.05) is 37.3 Å². The van der Waals surface area contributed by atoms with Crippen LogP contribution in [0.3, 0.4) is 0 Å². The number of likely N-dealkylation sites (N-methyl/N-ethyl adjacent to an activating group) is 1. The predicted molar refractivity (Wildman–Crippen MR) is 131 cm³/mol. The van der Waals surface area contributed by atoms with Crippen molar-refractivity contribution >= 4 is 40.5 Å². The van der Waals surface area contributed by atoms with E-state index in [-0.39, 0.29) is 18.4 Å². The number of carbonyl (C=O) groups is 2. The van der Waals surface area contributed by atoms with Crippen LogP contribution in [-0.2, 0) is 20.7 Å².